The zero-order valence-electron chi connectivity index (χ0n) is 9.30. The molecule has 0 fully saturated rings. The third-order valence-corrected chi connectivity index (χ3v) is 2.56. The molecular formula is C13H15N3. The van der Waals surface area contributed by atoms with Gasteiger partial charge in [0.2, 0.25) is 0 Å². The average Bonchev–Trinajstić information content (AvgIpc) is 2.38. The van der Waals surface area contributed by atoms with Crippen LogP contribution >= 0.6 is 0 Å². The van der Waals surface area contributed by atoms with Crippen molar-refractivity contribution in [2.75, 3.05) is 13.6 Å². The molecule has 82 valence electrons. The van der Waals surface area contributed by atoms with E-state index in [9.17, 15) is 0 Å². The molecule has 0 aliphatic heterocycles. The summed E-state index contributed by atoms with van der Waals surface area (Å²) in [5.74, 6) is 0.286. The van der Waals surface area contributed by atoms with Gasteiger partial charge in [0, 0.05) is 36.7 Å². The van der Waals surface area contributed by atoms with Gasteiger partial charge in [-0.2, -0.15) is 0 Å². The Hall–Kier alpha value is -1.74. The largest absolute Gasteiger partial charge is 0.319 e. The molecule has 2 aromatic heterocycles. The van der Waals surface area contributed by atoms with Gasteiger partial charge >= 0.3 is 0 Å². The van der Waals surface area contributed by atoms with Crippen LogP contribution in [0.5, 0.6) is 0 Å². The van der Waals surface area contributed by atoms with Crippen molar-refractivity contribution in [1.82, 2.24) is 15.3 Å². The predicted octanol–water partition coefficient (Wildman–Crippen LogP) is 1.83. The number of rotatable bonds is 4. The van der Waals surface area contributed by atoms with Crippen molar-refractivity contribution in [3.05, 3.63) is 60.2 Å². The first-order chi connectivity index (χ1) is 7.92. The van der Waals surface area contributed by atoms with Crippen LogP contribution < -0.4 is 5.32 Å². The highest BCUT2D eigenvalue weighted by molar-refractivity contribution is 5.27. The van der Waals surface area contributed by atoms with Crippen molar-refractivity contribution in [3.63, 3.8) is 0 Å². The fourth-order valence-electron chi connectivity index (χ4n) is 1.78. The van der Waals surface area contributed by atoms with Gasteiger partial charge in [-0.3, -0.25) is 9.97 Å². The van der Waals surface area contributed by atoms with Gasteiger partial charge in [-0.15, -0.1) is 0 Å². The quantitative estimate of drug-likeness (QED) is 0.842. The summed E-state index contributed by atoms with van der Waals surface area (Å²) < 4.78 is 0. The van der Waals surface area contributed by atoms with Gasteiger partial charge in [0.05, 0.1) is 0 Å². The zero-order valence-corrected chi connectivity index (χ0v) is 9.30. The van der Waals surface area contributed by atoms with Crippen molar-refractivity contribution in [2.24, 2.45) is 0 Å². The minimum absolute atomic E-state index is 0.286. The minimum Gasteiger partial charge on any atom is -0.319 e. The number of likely N-dealkylation sites (N-methyl/N-ethyl adjacent to an activating group) is 1. The van der Waals surface area contributed by atoms with Crippen LogP contribution in [0.1, 0.15) is 17.2 Å². The molecule has 0 aromatic carbocycles. The number of hydrogen-bond donors (Lipinski definition) is 1. The maximum atomic E-state index is 4.41. The molecule has 2 aromatic rings. The fraction of sp³-hybridized carbons (Fsp3) is 0.231. The van der Waals surface area contributed by atoms with Crippen LogP contribution in [0.3, 0.4) is 0 Å². The molecule has 0 amide bonds. The second-order valence-corrected chi connectivity index (χ2v) is 3.65. The molecule has 1 N–H and O–H groups in total. The number of pyridine rings is 2. The molecule has 0 radical (unpaired) electrons. The van der Waals surface area contributed by atoms with E-state index < -0.39 is 0 Å². The second-order valence-electron chi connectivity index (χ2n) is 3.65. The van der Waals surface area contributed by atoms with Crippen molar-refractivity contribution in [3.8, 4) is 0 Å². The first-order valence-corrected chi connectivity index (χ1v) is 5.37. The van der Waals surface area contributed by atoms with E-state index in [1.54, 1.807) is 0 Å². The molecule has 1 atom stereocenters. The van der Waals surface area contributed by atoms with Crippen LogP contribution in [0.2, 0.25) is 0 Å². The Labute approximate surface area is 95.6 Å². The SMILES string of the molecule is CNCC(c1ccncc1)c1ccccn1. The summed E-state index contributed by atoms with van der Waals surface area (Å²) in [5.41, 5.74) is 2.33. The number of nitrogens with zero attached hydrogens (tertiary/aromatic N) is 2. The van der Waals surface area contributed by atoms with Gasteiger partial charge < -0.3 is 5.32 Å². The maximum Gasteiger partial charge on any atom is 0.0491 e. The maximum absolute atomic E-state index is 4.41. The molecule has 2 heterocycles. The Morgan fingerprint density at radius 1 is 1.12 bits per heavy atom. The van der Waals surface area contributed by atoms with Crippen LogP contribution in [-0.4, -0.2) is 23.6 Å². The first kappa shape index (κ1) is 10.8. The standard InChI is InChI=1S/C13H15N3/c1-14-10-12(11-5-8-15-9-6-11)13-4-2-3-7-16-13/h2-9,12,14H,10H2,1H3. The van der Waals surface area contributed by atoms with Crippen molar-refractivity contribution in [2.45, 2.75) is 5.92 Å². The van der Waals surface area contributed by atoms with Gasteiger partial charge in [0.15, 0.2) is 0 Å². The summed E-state index contributed by atoms with van der Waals surface area (Å²) in [4.78, 5) is 8.45. The van der Waals surface area contributed by atoms with Crippen molar-refractivity contribution in [1.29, 1.82) is 0 Å². The number of nitrogens with one attached hydrogen (secondary N) is 1. The van der Waals surface area contributed by atoms with Crippen LogP contribution in [0.15, 0.2) is 48.9 Å². The lowest BCUT2D eigenvalue weighted by Crippen LogP contribution is -2.19. The lowest BCUT2D eigenvalue weighted by atomic mass is 9.96. The molecule has 0 saturated heterocycles. The molecule has 0 saturated carbocycles. The van der Waals surface area contributed by atoms with E-state index in [0.29, 0.717) is 0 Å². The Morgan fingerprint density at radius 3 is 2.56 bits per heavy atom. The Kier molecular flexibility index (Phi) is 3.62. The Balaban J connectivity index is 2.31. The molecule has 0 bridgehead atoms. The van der Waals surface area contributed by atoms with Gasteiger partial charge in [-0.05, 0) is 36.9 Å². The monoisotopic (exact) mass is 213 g/mol. The second kappa shape index (κ2) is 5.37. The molecule has 3 nitrogen and oxygen atoms in total. The van der Waals surface area contributed by atoms with Crippen LogP contribution in [0.25, 0.3) is 0 Å². The van der Waals surface area contributed by atoms with Gasteiger partial charge in [0.25, 0.3) is 0 Å². The summed E-state index contributed by atoms with van der Waals surface area (Å²) in [6, 6.07) is 10.1. The fourth-order valence-corrected chi connectivity index (χ4v) is 1.78. The normalized spacial score (nSPS) is 12.3. The van der Waals surface area contributed by atoms with E-state index in [1.165, 1.54) is 5.56 Å². The lowest BCUT2D eigenvalue weighted by molar-refractivity contribution is 0.691. The average molecular weight is 213 g/mol. The summed E-state index contributed by atoms with van der Waals surface area (Å²) in [5, 5.41) is 3.20. The lowest BCUT2D eigenvalue weighted by Gasteiger charge is -2.16. The molecule has 1 unspecified atom stereocenters. The van der Waals surface area contributed by atoms with E-state index in [0.717, 1.165) is 12.2 Å². The molecular weight excluding hydrogens is 198 g/mol. The van der Waals surface area contributed by atoms with Crippen LogP contribution in [0.4, 0.5) is 0 Å². The van der Waals surface area contributed by atoms with Gasteiger partial charge in [0.1, 0.15) is 0 Å². The summed E-state index contributed by atoms with van der Waals surface area (Å²) in [7, 11) is 1.96. The highest BCUT2D eigenvalue weighted by Crippen LogP contribution is 2.21. The van der Waals surface area contributed by atoms with E-state index in [2.05, 4.69) is 21.4 Å². The minimum atomic E-state index is 0.286. The van der Waals surface area contributed by atoms with Gasteiger partial charge in [-0.1, -0.05) is 6.07 Å². The summed E-state index contributed by atoms with van der Waals surface area (Å²) in [6.45, 7) is 0.876. The number of aromatic nitrogens is 2. The molecule has 0 aliphatic rings. The molecule has 2 rings (SSSR count). The van der Waals surface area contributed by atoms with Crippen molar-refractivity contribution < 1.29 is 0 Å². The molecule has 16 heavy (non-hydrogen) atoms. The Morgan fingerprint density at radius 2 is 1.94 bits per heavy atom. The molecule has 0 aliphatic carbocycles. The first-order valence-electron chi connectivity index (χ1n) is 5.37. The predicted molar refractivity (Wildman–Crippen MR) is 64.2 cm³/mol. The van der Waals surface area contributed by atoms with E-state index in [1.807, 2.05) is 49.9 Å². The highest BCUT2D eigenvalue weighted by atomic mass is 14.8. The van der Waals surface area contributed by atoms with Gasteiger partial charge in [-0.25, -0.2) is 0 Å². The molecule has 0 spiro atoms. The zero-order chi connectivity index (χ0) is 11.2. The third kappa shape index (κ3) is 2.44. The smallest absolute Gasteiger partial charge is 0.0491 e. The summed E-state index contributed by atoms with van der Waals surface area (Å²) in [6.07, 6.45) is 5.47. The van der Waals surface area contributed by atoms with E-state index in [4.69, 9.17) is 0 Å². The van der Waals surface area contributed by atoms with Crippen LogP contribution in [-0.2, 0) is 0 Å². The van der Waals surface area contributed by atoms with E-state index >= 15 is 0 Å². The molecule has 3 heteroatoms. The Bertz CT molecular complexity index is 374. The number of hydrogen-bond acceptors (Lipinski definition) is 3. The third-order valence-electron chi connectivity index (χ3n) is 2.56. The summed E-state index contributed by atoms with van der Waals surface area (Å²) >= 11 is 0. The highest BCUT2D eigenvalue weighted by Gasteiger charge is 2.13. The topological polar surface area (TPSA) is 37.8 Å². The van der Waals surface area contributed by atoms with E-state index in [-0.39, 0.29) is 5.92 Å². The van der Waals surface area contributed by atoms with Crippen LogP contribution in [0, 0.1) is 0 Å². The van der Waals surface area contributed by atoms with Crippen molar-refractivity contribution >= 4 is 0 Å².